The molecule has 12 nitrogen and oxygen atoms in total. The predicted molar refractivity (Wildman–Crippen MR) is 230 cm³/mol. The van der Waals surface area contributed by atoms with Gasteiger partial charge in [-0.1, -0.05) is 54.4 Å². The van der Waals surface area contributed by atoms with Crippen molar-refractivity contribution in [2.75, 3.05) is 52.7 Å². The number of fused-ring (bicyclic) bond motifs is 3. The van der Waals surface area contributed by atoms with Crippen LogP contribution in [0.3, 0.4) is 0 Å². The smallest absolute Gasteiger partial charge is 0.410 e. The summed E-state index contributed by atoms with van der Waals surface area (Å²) in [4.78, 5) is 22.9. The molecule has 0 bridgehead atoms. The third-order valence-electron chi connectivity index (χ3n) is 11.9. The fourth-order valence-corrected chi connectivity index (χ4v) is 10.1. The van der Waals surface area contributed by atoms with Crippen molar-refractivity contribution in [3.05, 3.63) is 102 Å². The molecule has 7 rings (SSSR count). The molecule has 1 amide bonds. The van der Waals surface area contributed by atoms with E-state index in [0.717, 1.165) is 53.9 Å². The molecule has 13 heteroatoms. The minimum Gasteiger partial charge on any atom is -0.493 e. The first-order valence-corrected chi connectivity index (χ1v) is 22.2. The summed E-state index contributed by atoms with van der Waals surface area (Å²) in [6.45, 7) is 7.44. The number of oxime groups is 1. The highest BCUT2D eigenvalue weighted by molar-refractivity contribution is 7.99. The van der Waals surface area contributed by atoms with Crippen LogP contribution in [0.4, 0.5) is 4.79 Å². The van der Waals surface area contributed by atoms with Crippen molar-refractivity contribution in [1.82, 2.24) is 4.90 Å². The van der Waals surface area contributed by atoms with Gasteiger partial charge < -0.3 is 43.5 Å². The number of hydrogen-bond acceptors (Lipinski definition) is 12. The van der Waals surface area contributed by atoms with Gasteiger partial charge in [0, 0.05) is 48.3 Å². The van der Waals surface area contributed by atoms with Crippen molar-refractivity contribution in [1.29, 1.82) is 0 Å². The van der Waals surface area contributed by atoms with Crippen LogP contribution in [0.5, 0.6) is 23.0 Å². The molecular formula is C47H58N2O10S. The Kier molecular flexibility index (Phi) is 15.0. The zero-order valence-corrected chi connectivity index (χ0v) is 35.5. The first-order valence-electron chi connectivity index (χ1n) is 21.2. The van der Waals surface area contributed by atoms with Gasteiger partial charge in [-0.25, -0.2) is 4.79 Å². The first kappa shape index (κ1) is 43.4. The van der Waals surface area contributed by atoms with Crippen LogP contribution in [0, 0.1) is 17.8 Å². The number of ether oxygens (including phenoxy) is 6. The van der Waals surface area contributed by atoms with Crippen LogP contribution in [0.15, 0.2) is 101 Å². The van der Waals surface area contributed by atoms with Gasteiger partial charge in [0.15, 0.2) is 11.5 Å². The number of aliphatic hydroxyl groups is 2. The maximum Gasteiger partial charge on any atom is 0.410 e. The minimum atomic E-state index is -1.42. The molecule has 60 heavy (non-hydrogen) atoms. The lowest BCUT2D eigenvalue weighted by Gasteiger charge is -2.59. The highest BCUT2D eigenvalue weighted by Crippen LogP contribution is 2.62. The van der Waals surface area contributed by atoms with E-state index in [9.17, 15) is 15.0 Å². The summed E-state index contributed by atoms with van der Waals surface area (Å²) in [6, 6.07) is 21.2. The average Bonchev–Trinajstić information content (AvgIpc) is 3.75. The minimum absolute atomic E-state index is 0.0785. The third-order valence-corrected chi connectivity index (χ3v) is 12.9. The molecule has 2 N–H and O–H groups in total. The molecule has 3 aromatic rings. The Hall–Kier alpha value is -4.69. The number of thioether (sulfide) groups is 1. The molecule has 3 aromatic carbocycles. The van der Waals surface area contributed by atoms with E-state index in [-0.39, 0.29) is 57.3 Å². The highest BCUT2D eigenvalue weighted by atomic mass is 32.2. The van der Waals surface area contributed by atoms with Gasteiger partial charge in [0.2, 0.25) is 12.6 Å². The number of amides is 1. The van der Waals surface area contributed by atoms with Crippen molar-refractivity contribution >= 4 is 23.6 Å². The maximum atomic E-state index is 14.2. The first-order chi connectivity index (χ1) is 29.4. The molecule has 2 aliphatic heterocycles. The summed E-state index contributed by atoms with van der Waals surface area (Å²) in [5.41, 5.74) is 3.48. The zero-order valence-electron chi connectivity index (χ0n) is 34.7. The Balaban J connectivity index is 1.37. The highest BCUT2D eigenvalue weighted by Gasteiger charge is 2.65. The Labute approximate surface area is 357 Å². The number of rotatable bonds is 21. The van der Waals surface area contributed by atoms with Gasteiger partial charge in [-0.05, 0) is 98.0 Å². The van der Waals surface area contributed by atoms with E-state index in [2.05, 4.69) is 30.9 Å². The molecular weight excluding hydrogens is 785 g/mol. The van der Waals surface area contributed by atoms with Crippen LogP contribution in [-0.2, 0) is 20.9 Å². The molecule has 2 aliphatic carbocycles. The monoisotopic (exact) mass is 842 g/mol. The molecule has 6 unspecified atom stereocenters. The molecule has 0 spiro atoms. The van der Waals surface area contributed by atoms with E-state index in [1.165, 1.54) is 12.0 Å². The van der Waals surface area contributed by atoms with Crippen LogP contribution in [0.2, 0.25) is 0 Å². The predicted octanol–water partition coefficient (Wildman–Crippen LogP) is 8.51. The lowest BCUT2D eigenvalue weighted by molar-refractivity contribution is -0.256. The number of carbonyl (C=O) groups excluding carboxylic acids is 1. The van der Waals surface area contributed by atoms with Crippen molar-refractivity contribution < 1.29 is 48.3 Å². The van der Waals surface area contributed by atoms with E-state index in [0.29, 0.717) is 49.0 Å². The lowest BCUT2D eigenvalue weighted by atomic mass is 9.55. The fourth-order valence-electron chi connectivity index (χ4n) is 9.37. The Morgan fingerprint density at radius 1 is 1.00 bits per heavy atom. The molecule has 6 atom stereocenters. The number of benzene rings is 3. The summed E-state index contributed by atoms with van der Waals surface area (Å²) < 4.78 is 37.7. The van der Waals surface area contributed by atoms with Gasteiger partial charge in [0.25, 0.3) is 0 Å². The number of hydrogen-bond donors (Lipinski definition) is 2. The van der Waals surface area contributed by atoms with E-state index in [1.807, 2.05) is 55.5 Å². The van der Waals surface area contributed by atoms with Gasteiger partial charge in [0.05, 0.1) is 32.0 Å². The fraction of sp³-hybridized carbons (Fsp3) is 0.489. The van der Waals surface area contributed by atoms with Crippen LogP contribution in [0.25, 0.3) is 0 Å². The molecule has 2 heterocycles. The molecule has 0 radical (unpaired) electrons. The summed E-state index contributed by atoms with van der Waals surface area (Å²) in [6.07, 6.45) is 8.43. The van der Waals surface area contributed by atoms with Gasteiger partial charge in [-0.3, -0.25) is 4.90 Å². The topological polar surface area (TPSA) is 138 Å². The molecule has 322 valence electrons. The Morgan fingerprint density at radius 3 is 2.55 bits per heavy atom. The second-order valence-electron chi connectivity index (χ2n) is 15.5. The number of allylic oxidation sites excluding steroid dienone is 1. The normalized spacial score (nSPS) is 24.1. The Bertz CT molecular complexity index is 1980. The summed E-state index contributed by atoms with van der Waals surface area (Å²) in [5, 5.41) is 24.6. The van der Waals surface area contributed by atoms with Crippen LogP contribution in [0.1, 0.15) is 68.9 Å². The zero-order chi connectivity index (χ0) is 41.9. The van der Waals surface area contributed by atoms with Crippen molar-refractivity contribution in [3.63, 3.8) is 0 Å². The van der Waals surface area contributed by atoms with Crippen LogP contribution < -0.4 is 18.9 Å². The largest absolute Gasteiger partial charge is 0.493 e. The second kappa shape index (κ2) is 20.7. The lowest BCUT2D eigenvalue weighted by Crippen LogP contribution is -2.70. The van der Waals surface area contributed by atoms with Gasteiger partial charge >= 0.3 is 6.09 Å². The average molecular weight is 843 g/mol. The summed E-state index contributed by atoms with van der Waals surface area (Å²) >= 11 is 1.75. The van der Waals surface area contributed by atoms with Crippen molar-refractivity contribution in [2.24, 2.45) is 22.9 Å². The molecule has 0 aromatic heterocycles. The van der Waals surface area contributed by atoms with Crippen LogP contribution in [-0.4, -0.2) is 91.4 Å². The van der Waals surface area contributed by atoms with Crippen LogP contribution >= 0.6 is 11.8 Å². The SMILES string of the molecule is C=CCOC12Oc3ccc(OCCSc4ccccc4)cc3C3C(CCCCO)C(CCCCO)C=C(C(=NOCC)CC1N(Cc1ccc4c(c1)OCO4)C(=O)OC)C32. The quantitative estimate of drug-likeness (QED) is 0.0462. The van der Waals surface area contributed by atoms with E-state index >= 15 is 0 Å². The number of nitrogens with zero attached hydrogens (tertiary/aromatic N) is 2. The second-order valence-corrected chi connectivity index (χ2v) is 16.7. The van der Waals surface area contributed by atoms with Crippen molar-refractivity contribution in [2.45, 2.75) is 81.1 Å². The number of methoxy groups -OCH3 is 1. The van der Waals surface area contributed by atoms with Gasteiger partial charge in [-0.15, -0.1) is 18.3 Å². The van der Waals surface area contributed by atoms with E-state index in [1.54, 1.807) is 22.7 Å². The number of unbranched alkanes of at least 4 members (excludes halogenated alkanes) is 2. The number of aliphatic hydroxyl groups excluding tert-OH is 2. The summed E-state index contributed by atoms with van der Waals surface area (Å²) in [7, 11) is 1.38. The van der Waals surface area contributed by atoms with E-state index < -0.39 is 23.8 Å². The summed E-state index contributed by atoms with van der Waals surface area (Å²) in [5.74, 6) is 1.53. The van der Waals surface area contributed by atoms with Gasteiger partial charge in [0.1, 0.15) is 24.1 Å². The standard InChI is InChI=1S/C47H58N2O10S/c1-4-23-57-47-43(49(46(52)53-3)30-32-17-19-41-42(26-32)56-31-55-41)29-39(48-58-5-2)37-27-33(13-9-11-21-50)36(16-10-12-22-51)44(45(37)47)38-28-34(18-20-40(38)59-47)54-24-25-60-35-14-7-6-8-15-35/h4,6-8,14-15,17-20,26-28,33,36,43-45,50-51H,1,5,9-13,16,21-25,29-31H2,2-3H3. The van der Waals surface area contributed by atoms with E-state index in [4.69, 9.17) is 38.4 Å². The molecule has 4 aliphatic rings. The number of carbonyl (C=O) groups is 1. The van der Waals surface area contributed by atoms with Gasteiger partial charge in [-0.2, -0.15) is 0 Å². The molecule has 1 saturated carbocycles. The molecule has 0 saturated heterocycles. The molecule has 1 fully saturated rings. The maximum absolute atomic E-state index is 14.2. The van der Waals surface area contributed by atoms with Crippen molar-refractivity contribution in [3.8, 4) is 23.0 Å². The third kappa shape index (κ3) is 9.44. The Morgan fingerprint density at radius 2 is 1.78 bits per heavy atom.